The Morgan fingerprint density at radius 1 is 1.22 bits per heavy atom. The number of nitrogens with zero attached hydrogens (tertiary/aromatic N) is 1. The molecule has 32 heavy (non-hydrogen) atoms. The molecule has 172 valence electrons. The highest BCUT2D eigenvalue weighted by molar-refractivity contribution is 7.89. The Bertz CT molecular complexity index is 1250. The zero-order valence-electron chi connectivity index (χ0n) is 18.3. The van der Waals surface area contributed by atoms with E-state index in [-0.39, 0.29) is 16.5 Å². The molecule has 3 aromatic rings. The Labute approximate surface area is 192 Å². The summed E-state index contributed by atoms with van der Waals surface area (Å²) in [5.74, 6) is -1.11. The molecule has 0 aliphatic carbocycles. The van der Waals surface area contributed by atoms with Crippen LogP contribution >= 0.6 is 11.6 Å². The molecule has 1 heterocycles. The van der Waals surface area contributed by atoms with Gasteiger partial charge in [-0.3, -0.25) is 0 Å². The van der Waals surface area contributed by atoms with Gasteiger partial charge in [0.25, 0.3) is 0 Å². The van der Waals surface area contributed by atoms with Crippen molar-refractivity contribution < 1.29 is 17.6 Å². The second-order valence-electron chi connectivity index (χ2n) is 7.33. The first kappa shape index (κ1) is 24.0. The Hall–Kier alpha value is -2.62. The molecule has 8 nitrogen and oxygen atoms in total. The normalized spacial score (nSPS) is 13.7. The molecule has 10 heteroatoms. The fraction of sp³-hybridized carbons (Fsp3) is 0.364. The van der Waals surface area contributed by atoms with Crippen LogP contribution in [0.15, 0.2) is 50.5 Å². The van der Waals surface area contributed by atoms with E-state index in [1.54, 1.807) is 0 Å². The van der Waals surface area contributed by atoms with Gasteiger partial charge in [-0.1, -0.05) is 50.6 Å². The third-order valence-electron chi connectivity index (χ3n) is 5.45. The molecule has 0 aliphatic rings. The molecular formula is C22H26ClN3O5S. The highest BCUT2D eigenvalue weighted by Gasteiger charge is 2.33. The number of hydrogen-bond donors (Lipinski definition) is 2. The van der Waals surface area contributed by atoms with Crippen molar-refractivity contribution in [3.8, 4) is 5.75 Å². The molecule has 0 spiro atoms. The van der Waals surface area contributed by atoms with Crippen LogP contribution in [0.2, 0.25) is 5.02 Å². The number of halogens is 1. The molecule has 0 saturated heterocycles. The van der Waals surface area contributed by atoms with Crippen LogP contribution in [-0.2, 0) is 22.9 Å². The van der Waals surface area contributed by atoms with Crippen molar-refractivity contribution in [1.82, 2.24) is 14.9 Å². The van der Waals surface area contributed by atoms with Gasteiger partial charge in [0.05, 0.1) is 7.11 Å². The van der Waals surface area contributed by atoms with E-state index in [0.29, 0.717) is 5.02 Å². The third kappa shape index (κ3) is 4.90. The van der Waals surface area contributed by atoms with E-state index in [1.165, 1.54) is 30.9 Å². The number of nitrogens with one attached hydrogen (secondary N) is 2. The maximum Gasteiger partial charge on any atom is 0.434 e. The van der Waals surface area contributed by atoms with Crippen molar-refractivity contribution in [2.75, 3.05) is 7.11 Å². The van der Waals surface area contributed by atoms with Crippen molar-refractivity contribution in [2.45, 2.75) is 50.5 Å². The molecule has 0 fully saturated rings. The van der Waals surface area contributed by atoms with Gasteiger partial charge >= 0.3 is 5.76 Å². The number of H-pyrrole nitrogens is 1. The molecule has 0 radical (unpaired) electrons. The first-order chi connectivity index (χ1) is 15.2. The van der Waals surface area contributed by atoms with Crippen molar-refractivity contribution in [3.63, 3.8) is 0 Å². The average Bonchev–Trinajstić information content (AvgIpc) is 3.21. The zero-order chi connectivity index (χ0) is 23.5. The second kappa shape index (κ2) is 9.89. The number of rotatable bonds is 9. The van der Waals surface area contributed by atoms with E-state index in [9.17, 15) is 13.2 Å². The summed E-state index contributed by atoms with van der Waals surface area (Å²) in [6, 6.07) is 9.25. The van der Waals surface area contributed by atoms with Crippen LogP contribution in [0.25, 0.3) is 0 Å². The van der Waals surface area contributed by atoms with E-state index in [2.05, 4.69) is 34.8 Å². The number of aryl methyl sites for hydroxylation is 1. The Morgan fingerprint density at radius 2 is 1.97 bits per heavy atom. The standard InChI is InChI=1S/C22H26ClN3O5S/c1-5-14-8-7-9-17(16(14)6-2)13(3)20(21-24-25-22(27)31-21)26-32(28,29)19-11-10-15(23)12-18(19)30-4/h7-13,20,26H,5-6H2,1-4H3,(H,25,27)/t13-,20+/m1/s1. The van der Waals surface area contributed by atoms with Crippen molar-refractivity contribution in [2.24, 2.45) is 0 Å². The van der Waals surface area contributed by atoms with Gasteiger partial charge in [-0.05, 0) is 41.7 Å². The Morgan fingerprint density at radius 3 is 2.56 bits per heavy atom. The largest absolute Gasteiger partial charge is 0.495 e. The number of aromatic amines is 1. The Balaban J connectivity index is 2.10. The number of ether oxygens (including phenoxy) is 1. The minimum atomic E-state index is -4.10. The zero-order valence-corrected chi connectivity index (χ0v) is 19.9. The fourth-order valence-corrected chi connectivity index (χ4v) is 5.44. The average molecular weight is 480 g/mol. The molecule has 2 atom stereocenters. The van der Waals surface area contributed by atoms with Gasteiger partial charge in [0.1, 0.15) is 16.7 Å². The molecule has 0 bridgehead atoms. The highest BCUT2D eigenvalue weighted by atomic mass is 35.5. The van der Waals surface area contributed by atoms with Crippen LogP contribution in [0.1, 0.15) is 55.3 Å². The SMILES string of the molecule is CCc1cccc([C@@H](C)[C@H](NS(=O)(=O)c2ccc(Cl)cc2OC)c2n[nH]c(=O)o2)c1CC. The van der Waals surface area contributed by atoms with Gasteiger partial charge in [-0.2, -0.15) is 4.72 Å². The van der Waals surface area contributed by atoms with E-state index in [0.717, 1.165) is 24.0 Å². The predicted molar refractivity (Wildman–Crippen MR) is 122 cm³/mol. The summed E-state index contributed by atoms with van der Waals surface area (Å²) < 4.78 is 39.7. The number of benzene rings is 2. The lowest BCUT2D eigenvalue weighted by molar-refractivity contribution is 0.378. The summed E-state index contributed by atoms with van der Waals surface area (Å²) in [5.41, 5.74) is 3.27. The second-order valence-corrected chi connectivity index (χ2v) is 9.45. The molecular weight excluding hydrogens is 454 g/mol. The summed E-state index contributed by atoms with van der Waals surface area (Å²) in [6.45, 7) is 5.99. The van der Waals surface area contributed by atoms with E-state index >= 15 is 0 Å². The minimum absolute atomic E-state index is 0.0528. The maximum absolute atomic E-state index is 13.3. The number of methoxy groups -OCH3 is 1. The topological polar surface area (TPSA) is 114 Å². The molecule has 0 amide bonds. The third-order valence-corrected chi connectivity index (χ3v) is 7.17. The van der Waals surface area contributed by atoms with Crippen LogP contribution in [0, 0.1) is 0 Å². The van der Waals surface area contributed by atoms with Crippen LogP contribution in [0.5, 0.6) is 5.75 Å². The summed E-state index contributed by atoms with van der Waals surface area (Å²) in [7, 11) is -2.73. The van der Waals surface area contributed by atoms with Crippen LogP contribution in [0.4, 0.5) is 0 Å². The summed E-state index contributed by atoms with van der Waals surface area (Å²) >= 11 is 5.98. The summed E-state index contributed by atoms with van der Waals surface area (Å²) in [4.78, 5) is 11.6. The van der Waals surface area contributed by atoms with Crippen molar-refractivity contribution >= 4 is 21.6 Å². The van der Waals surface area contributed by atoms with E-state index in [1.807, 2.05) is 19.1 Å². The van der Waals surface area contributed by atoms with Gasteiger partial charge in [0.15, 0.2) is 0 Å². The number of sulfonamides is 1. The van der Waals surface area contributed by atoms with Crippen LogP contribution in [0.3, 0.4) is 0 Å². The fourth-order valence-electron chi connectivity index (χ4n) is 3.86. The van der Waals surface area contributed by atoms with E-state index < -0.39 is 27.7 Å². The van der Waals surface area contributed by atoms with Crippen LogP contribution < -0.4 is 15.2 Å². The van der Waals surface area contributed by atoms with Gasteiger partial charge in [-0.25, -0.2) is 18.3 Å². The molecule has 0 unspecified atom stereocenters. The van der Waals surface area contributed by atoms with Crippen LogP contribution in [-0.4, -0.2) is 25.7 Å². The van der Waals surface area contributed by atoms with Crippen molar-refractivity contribution in [3.05, 3.63) is 74.6 Å². The molecule has 2 aromatic carbocycles. The molecule has 2 N–H and O–H groups in total. The molecule has 0 saturated carbocycles. The van der Waals surface area contributed by atoms with Gasteiger partial charge < -0.3 is 9.15 Å². The van der Waals surface area contributed by atoms with Gasteiger partial charge in [0.2, 0.25) is 15.9 Å². The molecule has 1 aromatic heterocycles. The lowest BCUT2D eigenvalue weighted by Gasteiger charge is -2.25. The summed E-state index contributed by atoms with van der Waals surface area (Å²) in [6.07, 6.45) is 1.62. The molecule has 0 aliphatic heterocycles. The highest BCUT2D eigenvalue weighted by Crippen LogP contribution is 2.35. The molecule has 3 rings (SSSR count). The predicted octanol–water partition coefficient (Wildman–Crippen LogP) is 3.97. The minimum Gasteiger partial charge on any atom is -0.495 e. The van der Waals surface area contributed by atoms with E-state index in [4.69, 9.17) is 20.8 Å². The van der Waals surface area contributed by atoms with Crippen molar-refractivity contribution in [1.29, 1.82) is 0 Å². The summed E-state index contributed by atoms with van der Waals surface area (Å²) in [5, 5.41) is 6.47. The number of aromatic nitrogens is 2. The van der Waals surface area contributed by atoms with Gasteiger partial charge in [-0.15, -0.1) is 5.10 Å². The first-order valence-electron chi connectivity index (χ1n) is 10.2. The number of hydrogen-bond acceptors (Lipinski definition) is 6. The Kier molecular flexibility index (Phi) is 7.43. The quantitative estimate of drug-likeness (QED) is 0.480. The smallest absolute Gasteiger partial charge is 0.434 e. The lowest BCUT2D eigenvalue weighted by atomic mass is 9.86. The monoisotopic (exact) mass is 479 g/mol. The van der Waals surface area contributed by atoms with Gasteiger partial charge in [0, 0.05) is 17.0 Å². The lowest BCUT2D eigenvalue weighted by Crippen LogP contribution is -2.33. The first-order valence-corrected chi connectivity index (χ1v) is 12.1. The maximum atomic E-state index is 13.3.